The van der Waals surface area contributed by atoms with E-state index in [4.69, 9.17) is 11.6 Å². The lowest BCUT2D eigenvalue weighted by Crippen LogP contribution is -2.32. The average molecular weight is 376 g/mol. The van der Waals surface area contributed by atoms with Gasteiger partial charge in [0.05, 0.1) is 17.5 Å². The molecule has 0 bridgehead atoms. The van der Waals surface area contributed by atoms with Crippen LogP contribution in [0.5, 0.6) is 0 Å². The molecule has 2 atom stereocenters. The summed E-state index contributed by atoms with van der Waals surface area (Å²) in [5.41, 5.74) is 0.671. The summed E-state index contributed by atoms with van der Waals surface area (Å²) in [6, 6.07) is 5.24. The molecule has 94 valence electrons. The average Bonchev–Trinajstić information content (AvgIpc) is 2.87. The van der Waals surface area contributed by atoms with Gasteiger partial charge in [-0.3, -0.25) is 9.59 Å². The van der Waals surface area contributed by atoms with Crippen LogP contribution in [0.25, 0.3) is 0 Å². The molecule has 0 aromatic heterocycles. The summed E-state index contributed by atoms with van der Waals surface area (Å²) in [6.45, 7) is 0. The number of hydrogen-bond donors (Lipinski definition) is 0. The Hall–Kier alpha value is -0.620. The fraction of sp³-hybridized carbons (Fsp3) is 0.385. The fourth-order valence-electron chi connectivity index (χ4n) is 2.89. The quantitative estimate of drug-likeness (QED) is 0.558. The molecule has 1 heterocycles. The number of nitrogens with zero attached hydrogens (tertiary/aromatic N) is 1. The lowest BCUT2D eigenvalue weighted by Gasteiger charge is -2.17. The van der Waals surface area contributed by atoms with Gasteiger partial charge in [-0.05, 0) is 53.6 Å². The van der Waals surface area contributed by atoms with Crippen LogP contribution in [0.2, 0.25) is 5.02 Å². The standard InChI is InChI=1S/C13H11ClINO2/c14-7-4-5-11(10(15)6-7)16-12(17)8-2-1-3-9(8)13(16)18/h4-6,8-9H,1-3H2. The van der Waals surface area contributed by atoms with Crippen molar-refractivity contribution in [3.63, 3.8) is 0 Å². The van der Waals surface area contributed by atoms with Crippen LogP contribution in [-0.4, -0.2) is 11.8 Å². The molecule has 2 amide bonds. The number of carbonyl (C=O) groups excluding carboxylic acids is 2. The monoisotopic (exact) mass is 375 g/mol. The zero-order chi connectivity index (χ0) is 12.9. The Labute approximate surface area is 124 Å². The molecule has 2 unspecified atom stereocenters. The van der Waals surface area contributed by atoms with Gasteiger partial charge in [-0.1, -0.05) is 18.0 Å². The molecule has 0 spiro atoms. The number of hydrogen-bond acceptors (Lipinski definition) is 2. The number of rotatable bonds is 1. The number of amides is 2. The van der Waals surface area contributed by atoms with Crippen LogP contribution in [0.4, 0.5) is 5.69 Å². The van der Waals surface area contributed by atoms with Gasteiger partial charge in [-0.25, -0.2) is 4.90 Å². The normalized spacial score (nSPS) is 26.9. The number of halogens is 2. The third kappa shape index (κ3) is 1.77. The molecule has 0 N–H and O–H groups in total. The highest BCUT2D eigenvalue weighted by Crippen LogP contribution is 2.42. The molecule has 3 rings (SSSR count). The first-order valence-corrected chi connectivity index (χ1v) is 7.38. The van der Waals surface area contributed by atoms with Crippen molar-refractivity contribution in [1.29, 1.82) is 0 Å². The summed E-state index contributed by atoms with van der Waals surface area (Å²) >= 11 is 8.01. The maximum Gasteiger partial charge on any atom is 0.237 e. The summed E-state index contributed by atoms with van der Waals surface area (Å²) < 4.78 is 0.835. The molecule has 1 aliphatic heterocycles. The zero-order valence-electron chi connectivity index (χ0n) is 9.53. The van der Waals surface area contributed by atoms with Crippen molar-refractivity contribution in [3.05, 3.63) is 26.8 Å². The van der Waals surface area contributed by atoms with Gasteiger partial charge < -0.3 is 0 Å². The summed E-state index contributed by atoms with van der Waals surface area (Å²) in [6.07, 6.45) is 2.67. The first-order chi connectivity index (χ1) is 8.59. The fourth-order valence-corrected chi connectivity index (χ4v) is 4.00. The topological polar surface area (TPSA) is 37.4 Å². The summed E-state index contributed by atoms with van der Waals surface area (Å²) in [5, 5.41) is 0.613. The third-order valence-electron chi connectivity index (χ3n) is 3.74. The van der Waals surface area contributed by atoms with Gasteiger partial charge >= 0.3 is 0 Å². The Bertz CT molecular complexity index is 524. The number of imide groups is 1. The van der Waals surface area contributed by atoms with Crippen LogP contribution in [0.1, 0.15) is 19.3 Å². The van der Waals surface area contributed by atoms with E-state index in [2.05, 4.69) is 22.6 Å². The lowest BCUT2D eigenvalue weighted by atomic mass is 10.00. The minimum atomic E-state index is -0.0935. The van der Waals surface area contributed by atoms with Crippen molar-refractivity contribution in [3.8, 4) is 0 Å². The number of fused-ring (bicyclic) bond motifs is 1. The molecule has 0 radical (unpaired) electrons. The molecule has 5 heteroatoms. The first-order valence-electron chi connectivity index (χ1n) is 5.92. The summed E-state index contributed by atoms with van der Waals surface area (Å²) in [5.74, 6) is -0.265. The van der Waals surface area contributed by atoms with Crippen LogP contribution >= 0.6 is 34.2 Å². The SMILES string of the molecule is O=C1C2CCCC2C(=O)N1c1ccc(Cl)cc1I. The summed E-state index contributed by atoms with van der Waals surface area (Å²) in [4.78, 5) is 26.0. The van der Waals surface area contributed by atoms with E-state index >= 15 is 0 Å². The molecule has 1 aromatic carbocycles. The van der Waals surface area contributed by atoms with Crippen LogP contribution in [-0.2, 0) is 9.59 Å². The largest absolute Gasteiger partial charge is 0.274 e. The molecule has 2 fully saturated rings. The van der Waals surface area contributed by atoms with E-state index in [-0.39, 0.29) is 23.7 Å². The second-order valence-electron chi connectivity index (χ2n) is 4.75. The smallest absolute Gasteiger partial charge is 0.237 e. The molecular weight excluding hydrogens is 365 g/mol. The predicted octanol–water partition coefficient (Wildman–Crippen LogP) is 3.23. The van der Waals surface area contributed by atoms with Gasteiger partial charge in [0.25, 0.3) is 0 Å². The second-order valence-corrected chi connectivity index (χ2v) is 6.35. The highest BCUT2D eigenvalue weighted by Gasteiger charge is 2.50. The Balaban J connectivity index is 2.02. The molecule has 1 saturated carbocycles. The van der Waals surface area contributed by atoms with E-state index in [1.807, 2.05) is 0 Å². The van der Waals surface area contributed by atoms with E-state index in [9.17, 15) is 9.59 Å². The van der Waals surface area contributed by atoms with Gasteiger partial charge in [-0.15, -0.1) is 0 Å². The minimum Gasteiger partial charge on any atom is -0.274 e. The third-order valence-corrected chi connectivity index (χ3v) is 4.84. The number of anilines is 1. The number of benzene rings is 1. The molecule has 1 aliphatic carbocycles. The van der Waals surface area contributed by atoms with Crippen molar-refractivity contribution < 1.29 is 9.59 Å². The lowest BCUT2D eigenvalue weighted by molar-refractivity contribution is -0.122. The highest BCUT2D eigenvalue weighted by molar-refractivity contribution is 14.1. The minimum absolute atomic E-state index is 0.0391. The van der Waals surface area contributed by atoms with Crippen LogP contribution in [0, 0.1) is 15.4 Å². The van der Waals surface area contributed by atoms with E-state index < -0.39 is 0 Å². The highest BCUT2D eigenvalue weighted by atomic mass is 127. The maximum absolute atomic E-state index is 12.3. The van der Waals surface area contributed by atoms with Gasteiger partial charge in [-0.2, -0.15) is 0 Å². The van der Waals surface area contributed by atoms with Crippen molar-refractivity contribution in [2.24, 2.45) is 11.8 Å². The maximum atomic E-state index is 12.3. The molecule has 3 nitrogen and oxygen atoms in total. The molecule has 18 heavy (non-hydrogen) atoms. The molecule has 1 saturated heterocycles. The van der Waals surface area contributed by atoms with Gasteiger partial charge in [0.1, 0.15) is 0 Å². The van der Waals surface area contributed by atoms with Crippen LogP contribution in [0.3, 0.4) is 0 Å². The van der Waals surface area contributed by atoms with Gasteiger partial charge in [0.2, 0.25) is 11.8 Å². The Morgan fingerprint density at radius 2 is 1.78 bits per heavy atom. The van der Waals surface area contributed by atoms with E-state index in [0.29, 0.717) is 10.7 Å². The van der Waals surface area contributed by atoms with E-state index in [1.165, 1.54) is 4.90 Å². The Morgan fingerprint density at radius 3 is 2.33 bits per heavy atom. The summed E-state index contributed by atoms with van der Waals surface area (Å²) in [7, 11) is 0. The van der Waals surface area contributed by atoms with Gasteiger partial charge in [0.15, 0.2) is 0 Å². The van der Waals surface area contributed by atoms with Crippen molar-refractivity contribution >= 4 is 51.7 Å². The zero-order valence-corrected chi connectivity index (χ0v) is 12.4. The molecule has 1 aromatic rings. The second kappa shape index (κ2) is 4.49. The first kappa shape index (κ1) is 12.4. The Morgan fingerprint density at radius 1 is 1.17 bits per heavy atom. The Kier molecular flexibility index (Phi) is 3.10. The molecular formula is C13H11ClINO2. The predicted molar refractivity (Wildman–Crippen MR) is 77.5 cm³/mol. The van der Waals surface area contributed by atoms with E-state index in [0.717, 1.165) is 22.8 Å². The number of carbonyl (C=O) groups is 2. The van der Waals surface area contributed by atoms with Crippen LogP contribution < -0.4 is 4.90 Å². The van der Waals surface area contributed by atoms with Crippen LogP contribution in [0.15, 0.2) is 18.2 Å². The van der Waals surface area contributed by atoms with Crippen molar-refractivity contribution in [1.82, 2.24) is 0 Å². The van der Waals surface area contributed by atoms with Gasteiger partial charge in [0, 0.05) is 8.59 Å². The van der Waals surface area contributed by atoms with Crippen molar-refractivity contribution in [2.45, 2.75) is 19.3 Å². The molecule has 2 aliphatic rings. The van der Waals surface area contributed by atoms with Crippen molar-refractivity contribution in [2.75, 3.05) is 4.90 Å². The van der Waals surface area contributed by atoms with E-state index in [1.54, 1.807) is 18.2 Å².